The molecule has 0 bridgehead atoms. The number of aromatic nitrogens is 3. The van der Waals surface area contributed by atoms with Crippen LogP contribution in [0.25, 0.3) is 21.6 Å². The first-order valence-corrected chi connectivity index (χ1v) is 10.3. The number of H-pyrrole nitrogens is 1. The summed E-state index contributed by atoms with van der Waals surface area (Å²) in [5, 5.41) is 5.13. The molecule has 0 saturated carbocycles. The van der Waals surface area contributed by atoms with Gasteiger partial charge in [-0.05, 0) is 55.1 Å². The Labute approximate surface area is 173 Å². The molecule has 0 saturated heterocycles. The lowest BCUT2D eigenvalue weighted by atomic mass is 10.1. The zero-order chi connectivity index (χ0) is 20.5. The molecule has 0 aliphatic carbocycles. The van der Waals surface area contributed by atoms with Crippen molar-refractivity contribution in [3.05, 3.63) is 64.8 Å². The first-order valence-electron chi connectivity index (χ1n) is 9.42. The minimum absolute atomic E-state index is 0.178. The Balaban J connectivity index is 1.60. The highest BCUT2D eigenvalue weighted by Crippen LogP contribution is 2.28. The normalized spacial score (nSPS) is 12.1. The molecule has 3 aromatic heterocycles. The quantitative estimate of drug-likeness (QED) is 0.511. The van der Waals surface area contributed by atoms with E-state index in [9.17, 15) is 4.79 Å². The second-order valence-corrected chi connectivity index (χ2v) is 8.20. The number of thiophene rings is 1. The molecule has 4 aromatic rings. The molecule has 0 fully saturated rings. The molecule has 1 atom stereocenters. The number of nitrogens with one attached hydrogen (secondary N) is 2. The summed E-state index contributed by atoms with van der Waals surface area (Å²) < 4.78 is 0. The van der Waals surface area contributed by atoms with Gasteiger partial charge in [0.2, 0.25) is 0 Å². The third-order valence-electron chi connectivity index (χ3n) is 4.69. The fourth-order valence-electron chi connectivity index (χ4n) is 3.19. The van der Waals surface area contributed by atoms with E-state index in [-0.39, 0.29) is 11.9 Å². The van der Waals surface area contributed by atoms with Crippen LogP contribution in [-0.4, -0.2) is 35.0 Å². The van der Waals surface area contributed by atoms with Crippen molar-refractivity contribution in [3.63, 3.8) is 0 Å². The van der Waals surface area contributed by atoms with E-state index in [1.54, 1.807) is 11.3 Å². The number of amides is 1. The zero-order valence-corrected chi connectivity index (χ0v) is 17.7. The van der Waals surface area contributed by atoms with Gasteiger partial charge in [0, 0.05) is 14.1 Å². The predicted octanol–water partition coefficient (Wildman–Crippen LogP) is 4.55. The number of para-hydroxylation sites is 2. The first kappa shape index (κ1) is 19.1. The highest BCUT2D eigenvalue weighted by molar-refractivity contribution is 7.13. The van der Waals surface area contributed by atoms with Gasteiger partial charge >= 0.3 is 0 Å². The summed E-state index contributed by atoms with van der Waals surface area (Å²) >= 11 is 1.65. The number of carbonyl (C=O) groups excluding carboxylic acids is 1. The number of benzene rings is 1. The van der Waals surface area contributed by atoms with Crippen LogP contribution in [0.2, 0.25) is 0 Å². The molecule has 3 heterocycles. The number of nitrogens with zero attached hydrogens (tertiary/aromatic N) is 3. The maximum atomic E-state index is 13.0. The Morgan fingerprint density at radius 2 is 1.97 bits per heavy atom. The number of aromatic amines is 1. The van der Waals surface area contributed by atoms with Crippen molar-refractivity contribution in [1.82, 2.24) is 20.3 Å². The van der Waals surface area contributed by atoms with Crippen LogP contribution in [0.5, 0.6) is 0 Å². The maximum Gasteiger partial charge on any atom is 0.255 e. The smallest absolute Gasteiger partial charge is 0.255 e. The van der Waals surface area contributed by atoms with Gasteiger partial charge in [-0.3, -0.25) is 4.79 Å². The Morgan fingerprint density at radius 3 is 2.66 bits per heavy atom. The Bertz CT molecular complexity index is 1140. The predicted molar refractivity (Wildman–Crippen MR) is 119 cm³/mol. The lowest BCUT2D eigenvalue weighted by Gasteiger charge is -2.18. The fraction of sp³-hybridized carbons (Fsp3) is 0.227. The molecular formula is C22H23N5OS. The SMILES string of the molecule is Cc1csc(-c2ccc(C(=O)NC(C)c3nc4ccccc4[nH]3)c(N(C)C)n2)c1. The van der Waals surface area contributed by atoms with E-state index in [1.165, 1.54) is 5.56 Å². The van der Waals surface area contributed by atoms with Gasteiger partial charge in [0.15, 0.2) is 0 Å². The van der Waals surface area contributed by atoms with E-state index in [1.807, 2.05) is 62.3 Å². The number of rotatable bonds is 5. The summed E-state index contributed by atoms with van der Waals surface area (Å²) in [5.74, 6) is 1.19. The van der Waals surface area contributed by atoms with Crippen molar-refractivity contribution < 1.29 is 4.79 Å². The van der Waals surface area contributed by atoms with Crippen LogP contribution < -0.4 is 10.2 Å². The molecule has 0 spiro atoms. The summed E-state index contributed by atoms with van der Waals surface area (Å²) in [6.07, 6.45) is 0. The van der Waals surface area contributed by atoms with Crippen molar-refractivity contribution in [3.8, 4) is 10.6 Å². The van der Waals surface area contributed by atoms with Gasteiger partial charge in [-0.2, -0.15) is 0 Å². The van der Waals surface area contributed by atoms with Gasteiger partial charge in [-0.15, -0.1) is 11.3 Å². The number of pyridine rings is 1. The monoisotopic (exact) mass is 405 g/mol. The summed E-state index contributed by atoms with van der Waals surface area (Å²) in [4.78, 5) is 28.6. The number of aryl methyl sites for hydroxylation is 1. The minimum Gasteiger partial charge on any atom is -0.362 e. The summed E-state index contributed by atoms with van der Waals surface area (Å²) in [5.41, 5.74) is 4.45. The maximum absolute atomic E-state index is 13.0. The van der Waals surface area contributed by atoms with Crippen molar-refractivity contribution in [2.24, 2.45) is 0 Å². The Kier molecular flexibility index (Phi) is 5.07. The molecular weight excluding hydrogens is 382 g/mol. The lowest BCUT2D eigenvalue weighted by molar-refractivity contribution is 0.0938. The number of imidazole rings is 1. The van der Waals surface area contributed by atoms with E-state index in [0.717, 1.165) is 27.4 Å². The van der Waals surface area contributed by atoms with Crippen LogP contribution in [0.1, 0.15) is 34.7 Å². The van der Waals surface area contributed by atoms with E-state index in [4.69, 9.17) is 4.98 Å². The van der Waals surface area contributed by atoms with Crippen molar-refractivity contribution in [1.29, 1.82) is 0 Å². The second kappa shape index (κ2) is 7.67. The second-order valence-electron chi connectivity index (χ2n) is 7.28. The van der Waals surface area contributed by atoms with E-state index in [2.05, 4.69) is 33.7 Å². The van der Waals surface area contributed by atoms with Gasteiger partial charge in [0.05, 0.1) is 33.2 Å². The highest BCUT2D eigenvalue weighted by Gasteiger charge is 2.20. The number of anilines is 1. The van der Waals surface area contributed by atoms with Gasteiger partial charge in [0.25, 0.3) is 5.91 Å². The van der Waals surface area contributed by atoms with Crippen LogP contribution >= 0.6 is 11.3 Å². The summed E-state index contributed by atoms with van der Waals surface area (Å²) in [7, 11) is 3.79. The molecule has 1 aromatic carbocycles. The van der Waals surface area contributed by atoms with Gasteiger partial charge < -0.3 is 15.2 Å². The number of carbonyl (C=O) groups is 1. The molecule has 0 aliphatic rings. The first-order chi connectivity index (χ1) is 13.9. The van der Waals surface area contributed by atoms with Gasteiger partial charge in [-0.25, -0.2) is 9.97 Å². The van der Waals surface area contributed by atoms with E-state index >= 15 is 0 Å². The molecule has 0 aliphatic heterocycles. The van der Waals surface area contributed by atoms with Gasteiger partial charge in [-0.1, -0.05) is 12.1 Å². The number of fused-ring (bicyclic) bond motifs is 1. The summed E-state index contributed by atoms with van der Waals surface area (Å²) in [6, 6.07) is 13.4. The largest absolute Gasteiger partial charge is 0.362 e. The molecule has 6 nitrogen and oxygen atoms in total. The van der Waals surface area contributed by atoms with Crippen LogP contribution in [0, 0.1) is 6.92 Å². The van der Waals surface area contributed by atoms with Crippen LogP contribution in [0.4, 0.5) is 5.82 Å². The fourth-order valence-corrected chi connectivity index (χ4v) is 4.06. The topological polar surface area (TPSA) is 73.9 Å². The standard InChI is InChI=1S/C22H23N5OS/c1-13-11-19(29-12-13)18-10-9-15(21(26-18)27(3)4)22(28)23-14(2)20-24-16-7-5-6-8-17(16)25-20/h5-12,14H,1-4H3,(H,23,28)(H,24,25). The molecule has 4 rings (SSSR count). The van der Waals surface area contributed by atoms with E-state index in [0.29, 0.717) is 11.4 Å². The molecule has 2 N–H and O–H groups in total. The molecule has 0 radical (unpaired) electrons. The minimum atomic E-state index is -0.260. The molecule has 7 heteroatoms. The molecule has 148 valence electrons. The Morgan fingerprint density at radius 1 is 1.17 bits per heavy atom. The highest BCUT2D eigenvalue weighted by atomic mass is 32.1. The van der Waals surface area contributed by atoms with Crippen LogP contribution in [0.15, 0.2) is 47.8 Å². The van der Waals surface area contributed by atoms with Gasteiger partial charge in [0.1, 0.15) is 11.6 Å². The van der Waals surface area contributed by atoms with Crippen molar-refractivity contribution >= 4 is 34.1 Å². The van der Waals surface area contributed by atoms with Crippen LogP contribution in [0.3, 0.4) is 0 Å². The third-order valence-corrected chi connectivity index (χ3v) is 5.76. The van der Waals surface area contributed by atoms with Crippen molar-refractivity contribution in [2.75, 3.05) is 19.0 Å². The van der Waals surface area contributed by atoms with Crippen molar-refractivity contribution in [2.45, 2.75) is 19.9 Å². The molecule has 29 heavy (non-hydrogen) atoms. The zero-order valence-electron chi connectivity index (χ0n) is 16.9. The Hall–Kier alpha value is -3.19. The molecule has 1 unspecified atom stereocenters. The number of hydrogen-bond acceptors (Lipinski definition) is 5. The third kappa shape index (κ3) is 3.86. The average Bonchev–Trinajstić information content (AvgIpc) is 3.33. The average molecular weight is 406 g/mol. The number of hydrogen-bond donors (Lipinski definition) is 2. The van der Waals surface area contributed by atoms with E-state index < -0.39 is 0 Å². The lowest BCUT2D eigenvalue weighted by Crippen LogP contribution is -2.29. The van der Waals surface area contributed by atoms with Crippen LogP contribution in [-0.2, 0) is 0 Å². The molecule has 1 amide bonds. The summed E-state index contributed by atoms with van der Waals surface area (Å²) in [6.45, 7) is 3.98.